The van der Waals surface area contributed by atoms with Gasteiger partial charge in [-0.1, -0.05) is 0 Å². The number of nitrogens with zero attached hydrogens (tertiary/aromatic N) is 2. The monoisotopic (exact) mass is 330 g/mol. The number of rotatable bonds is 5. The van der Waals surface area contributed by atoms with Gasteiger partial charge in [0.2, 0.25) is 5.91 Å². The van der Waals surface area contributed by atoms with Crippen LogP contribution in [-0.4, -0.2) is 28.8 Å². The lowest BCUT2D eigenvalue weighted by Crippen LogP contribution is -2.15. The summed E-state index contributed by atoms with van der Waals surface area (Å²) in [6.07, 6.45) is 2.46. The van der Waals surface area contributed by atoms with Crippen LogP contribution in [0.15, 0.2) is 24.3 Å². The Bertz CT molecular complexity index is 735. The third-order valence-corrected chi connectivity index (χ3v) is 4.41. The van der Waals surface area contributed by atoms with E-state index in [-0.39, 0.29) is 5.91 Å². The summed E-state index contributed by atoms with van der Waals surface area (Å²) in [6.45, 7) is 5.77. The van der Waals surface area contributed by atoms with Crippen LogP contribution >= 0.6 is 0 Å². The summed E-state index contributed by atoms with van der Waals surface area (Å²) in [4.78, 5) is 12.0. The molecule has 2 N–H and O–H groups in total. The normalized spacial score (nSPS) is 17.2. The summed E-state index contributed by atoms with van der Waals surface area (Å²) >= 11 is 0. The second-order valence-electron chi connectivity index (χ2n) is 6.45. The first-order valence-corrected chi connectivity index (χ1v) is 8.36. The van der Waals surface area contributed by atoms with Crippen molar-refractivity contribution in [3.8, 4) is 5.69 Å². The molecule has 1 amide bonds. The van der Waals surface area contributed by atoms with Gasteiger partial charge in [-0.05, 0) is 70.0 Å². The van der Waals surface area contributed by atoms with Gasteiger partial charge in [-0.25, -0.2) is 9.07 Å². The van der Waals surface area contributed by atoms with Crippen molar-refractivity contribution in [3.05, 3.63) is 41.5 Å². The highest BCUT2D eigenvalue weighted by molar-refractivity contribution is 5.90. The maximum Gasteiger partial charge on any atom is 0.224 e. The van der Waals surface area contributed by atoms with Crippen LogP contribution in [0.3, 0.4) is 0 Å². The molecule has 0 radical (unpaired) electrons. The van der Waals surface area contributed by atoms with E-state index in [1.165, 1.54) is 6.07 Å². The van der Waals surface area contributed by atoms with E-state index in [0.29, 0.717) is 23.7 Å². The molecule has 1 aromatic carbocycles. The van der Waals surface area contributed by atoms with Gasteiger partial charge in [-0.15, -0.1) is 0 Å². The quantitative estimate of drug-likeness (QED) is 0.886. The van der Waals surface area contributed by atoms with Gasteiger partial charge in [-0.3, -0.25) is 4.79 Å². The summed E-state index contributed by atoms with van der Waals surface area (Å²) in [7, 11) is 0. The van der Waals surface area contributed by atoms with Crippen LogP contribution in [0.1, 0.15) is 30.7 Å². The fourth-order valence-corrected chi connectivity index (χ4v) is 3.15. The standard InChI is InChI=1S/C18H23FN4O/c1-12-9-13(2)23(22-12)17-5-4-15(10-16(17)19)21-18(24)6-3-14-7-8-20-11-14/h4-5,9-10,14,20H,3,6-8,11H2,1-2H3,(H,21,24). The first-order chi connectivity index (χ1) is 11.5. The lowest BCUT2D eigenvalue weighted by atomic mass is 10.0. The van der Waals surface area contributed by atoms with Crippen molar-refractivity contribution in [2.75, 3.05) is 18.4 Å². The number of benzene rings is 1. The van der Waals surface area contributed by atoms with Gasteiger partial charge in [-0.2, -0.15) is 5.10 Å². The molecule has 3 rings (SSSR count). The molecule has 1 aliphatic heterocycles. The largest absolute Gasteiger partial charge is 0.326 e. The second kappa shape index (κ2) is 7.13. The van der Waals surface area contributed by atoms with Crippen molar-refractivity contribution in [3.63, 3.8) is 0 Å². The van der Waals surface area contributed by atoms with Crippen LogP contribution in [0.25, 0.3) is 5.69 Å². The zero-order chi connectivity index (χ0) is 17.1. The number of carbonyl (C=O) groups excluding carboxylic acids is 1. The fourth-order valence-electron chi connectivity index (χ4n) is 3.15. The molecule has 1 unspecified atom stereocenters. The Morgan fingerprint density at radius 3 is 2.88 bits per heavy atom. The minimum Gasteiger partial charge on any atom is -0.326 e. The molecule has 1 aromatic heterocycles. The van der Waals surface area contributed by atoms with Crippen molar-refractivity contribution in [1.29, 1.82) is 0 Å². The first-order valence-electron chi connectivity index (χ1n) is 8.36. The molecule has 1 fully saturated rings. The zero-order valence-electron chi connectivity index (χ0n) is 14.1. The third kappa shape index (κ3) is 3.82. The molecule has 24 heavy (non-hydrogen) atoms. The van der Waals surface area contributed by atoms with Crippen LogP contribution in [0.5, 0.6) is 0 Å². The summed E-state index contributed by atoms with van der Waals surface area (Å²) < 4.78 is 16.0. The Balaban J connectivity index is 1.63. The van der Waals surface area contributed by atoms with Crippen molar-refractivity contribution in [2.24, 2.45) is 5.92 Å². The van der Waals surface area contributed by atoms with Crippen molar-refractivity contribution in [1.82, 2.24) is 15.1 Å². The first kappa shape index (κ1) is 16.6. The molecule has 0 spiro atoms. The molecule has 128 valence electrons. The summed E-state index contributed by atoms with van der Waals surface area (Å²) in [5.41, 5.74) is 2.57. The topological polar surface area (TPSA) is 59.0 Å². The average molecular weight is 330 g/mol. The van der Waals surface area contributed by atoms with E-state index >= 15 is 0 Å². The second-order valence-corrected chi connectivity index (χ2v) is 6.45. The Hall–Kier alpha value is -2.21. The van der Waals surface area contributed by atoms with Crippen LogP contribution < -0.4 is 10.6 Å². The van der Waals surface area contributed by atoms with Gasteiger partial charge in [0.1, 0.15) is 5.69 Å². The lowest BCUT2D eigenvalue weighted by molar-refractivity contribution is -0.116. The summed E-state index contributed by atoms with van der Waals surface area (Å²) in [5.74, 6) is 0.0973. The molecule has 2 aromatic rings. The Labute approximate surface area is 141 Å². The number of nitrogens with one attached hydrogen (secondary N) is 2. The molecule has 0 aliphatic carbocycles. The lowest BCUT2D eigenvalue weighted by Gasteiger charge is -2.11. The van der Waals surface area contributed by atoms with Gasteiger partial charge in [0.25, 0.3) is 0 Å². The minimum atomic E-state index is -0.404. The van der Waals surface area contributed by atoms with E-state index in [2.05, 4.69) is 15.7 Å². The van der Waals surface area contributed by atoms with Crippen molar-refractivity contribution < 1.29 is 9.18 Å². The third-order valence-electron chi connectivity index (χ3n) is 4.41. The maximum atomic E-state index is 14.4. The number of hydrogen-bond acceptors (Lipinski definition) is 3. The number of anilines is 1. The van der Waals surface area contributed by atoms with E-state index < -0.39 is 5.82 Å². The molecule has 1 saturated heterocycles. The molecule has 5 nitrogen and oxygen atoms in total. The predicted molar refractivity (Wildman–Crippen MR) is 91.8 cm³/mol. The van der Waals surface area contributed by atoms with E-state index in [4.69, 9.17) is 0 Å². The van der Waals surface area contributed by atoms with E-state index in [1.807, 2.05) is 19.9 Å². The highest BCUT2D eigenvalue weighted by atomic mass is 19.1. The van der Waals surface area contributed by atoms with Gasteiger partial charge < -0.3 is 10.6 Å². The number of halogens is 1. The number of hydrogen-bond donors (Lipinski definition) is 2. The number of carbonyl (C=O) groups is 1. The SMILES string of the molecule is Cc1cc(C)n(-c2ccc(NC(=O)CCC3CCNC3)cc2F)n1. The Morgan fingerprint density at radius 2 is 2.25 bits per heavy atom. The van der Waals surface area contributed by atoms with E-state index in [1.54, 1.807) is 16.8 Å². The van der Waals surface area contributed by atoms with Crippen LogP contribution in [0.4, 0.5) is 10.1 Å². The van der Waals surface area contributed by atoms with Gasteiger partial charge in [0.05, 0.1) is 5.69 Å². The Morgan fingerprint density at radius 1 is 1.42 bits per heavy atom. The molecule has 0 bridgehead atoms. The Kier molecular flexibility index (Phi) is 4.94. The molecule has 1 aliphatic rings. The maximum absolute atomic E-state index is 14.4. The zero-order valence-corrected chi connectivity index (χ0v) is 14.1. The van der Waals surface area contributed by atoms with Gasteiger partial charge in [0.15, 0.2) is 5.82 Å². The highest BCUT2D eigenvalue weighted by Gasteiger charge is 2.16. The molecule has 2 heterocycles. The molecule has 6 heteroatoms. The van der Waals surface area contributed by atoms with Crippen molar-refractivity contribution >= 4 is 11.6 Å². The van der Waals surface area contributed by atoms with E-state index in [9.17, 15) is 9.18 Å². The van der Waals surface area contributed by atoms with Gasteiger partial charge in [0, 0.05) is 17.8 Å². The molecule has 0 saturated carbocycles. The number of aromatic nitrogens is 2. The van der Waals surface area contributed by atoms with Gasteiger partial charge >= 0.3 is 0 Å². The molecule has 1 atom stereocenters. The minimum absolute atomic E-state index is 0.0693. The van der Waals surface area contributed by atoms with Crippen LogP contribution in [0.2, 0.25) is 0 Å². The summed E-state index contributed by atoms with van der Waals surface area (Å²) in [6, 6.07) is 6.60. The van der Waals surface area contributed by atoms with E-state index in [0.717, 1.165) is 37.3 Å². The smallest absolute Gasteiger partial charge is 0.224 e. The highest BCUT2D eigenvalue weighted by Crippen LogP contribution is 2.21. The predicted octanol–water partition coefficient (Wildman–Crippen LogP) is 2.96. The average Bonchev–Trinajstić information content (AvgIpc) is 3.15. The van der Waals surface area contributed by atoms with Crippen LogP contribution in [-0.2, 0) is 4.79 Å². The van der Waals surface area contributed by atoms with Crippen LogP contribution in [0, 0.1) is 25.6 Å². The number of amides is 1. The molecular formula is C18H23FN4O. The number of aryl methyl sites for hydroxylation is 2. The fraction of sp³-hybridized carbons (Fsp3) is 0.444. The summed E-state index contributed by atoms with van der Waals surface area (Å²) in [5, 5.41) is 10.4. The molecular weight excluding hydrogens is 307 g/mol. The van der Waals surface area contributed by atoms with Crippen molar-refractivity contribution in [2.45, 2.75) is 33.1 Å².